The molecule has 4 aromatic rings. The highest BCUT2D eigenvalue weighted by molar-refractivity contribution is 5.90. The number of aryl methyl sites for hydroxylation is 1. The van der Waals surface area contributed by atoms with Gasteiger partial charge in [0.25, 0.3) is 0 Å². The largest absolute Gasteiger partial charge is 0.480 e. The Hall–Kier alpha value is -5.18. The lowest BCUT2D eigenvalue weighted by Gasteiger charge is -2.43. The maximum Gasteiger partial charge on any atom is 0.429 e. The smallest absolute Gasteiger partial charge is 0.429 e. The van der Waals surface area contributed by atoms with Gasteiger partial charge in [0.2, 0.25) is 17.9 Å². The van der Waals surface area contributed by atoms with Gasteiger partial charge in [-0.05, 0) is 80.3 Å². The number of rotatable bonds is 10. The Morgan fingerprint density at radius 2 is 1.76 bits per heavy atom. The van der Waals surface area contributed by atoms with Crippen LogP contribution in [-0.2, 0) is 9.53 Å². The standard InChI is InChI=1S/C36H40F3N7O5/c1-4-28-35(20-26(41-28)32(47)48)13-16-45(17-14-35)29-19-30(43-34(40)42-29)51-31(36(37,38)39)25-11-10-24(18-27(25)46-15-12-21(3)44-46)22-6-8-23(9-7-22)33(49)50-5-2/h6-12,15,18-19,26,28,31,41H,4-5,13-14,16-17,20H2,1-3H3,(H,47,48)(H2,40,42,43)/t26?,28?,31-/m1/s1. The summed E-state index contributed by atoms with van der Waals surface area (Å²) in [4.78, 5) is 34.1. The Morgan fingerprint density at radius 3 is 2.37 bits per heavy atom. The fourth-order valence-electron chi connectivity index (χ4n) is 7.26. The average molecular weight is 708 g/mol. The SMILES string of the molecule is CCOC(=O)c1ccc(-c2ccc([C@@H](Oc3cc(N4CCC5(CC4)CC(C(=O)O)NC5CC)nc(N)n3)C(F)(F)F)c(-n3ccc(C)n3)c2)cc1. The Bertz CT molecular complexity index is 1890. The first-order chi connectivity index (χ1) is 24.3. The summed E-state index contributed by atoms with van der Waals surface area (Å²) in [5.41, 5.74) is 7.96. The third-order valence-electron chi connectivity index (χ3n) is 9.80. The summed E-state index contributed by atoms with van der Waals surface area (Å²) in [6.07, 6.45) is -3.10. The molecule has 2 saturated heterocycles. The Balaban J connectivity index is 1.29. The number of halogens is 3. The Morgan fingerprint density at radius 1 is 1.06 bits per heavy atom. The Labute approximate surface area is 292 Å². The topological polar surface area (TPSA) is 158 Å². The molecule has 2 aliphatic rings. The first-order valence-corrected chi connectivity index (χ1v) is 16.9. The number of ether oxygens (including phenoxy) is 2. The third-order valence-corrected chi connectivity index (χ3v) is 9.80. The summed E-state index contributed by atoms with van der Waals surface area (Å²) in [6, 6.07) is 13.5. The van der Waals surface area contributed by atoms with Gasteiger partial charge in [0.15, 0.2) is 0 Å². The Kier molecular flexibility index (Phi) is 9.93. The molecule has 0 radical (unpaired) electrons. The minimum Gasteiger partial charge on any atom is -0.480 e. The molecular weight excluding hydrogens is 667 g/mol. The molecule has 2 fully saturated rings. The van der Waals surface area contributed by atoms with Crippen molar-refractivity contribution in [2.75, 3.05) is 30.3 Å². The number of esters is 1. The monoisotopic (exact) mass is 707 g/mol. The van der Waals surface area contributed by atoms with Crippen LogP contribution >= 0.6 is 0 Å². The number of nitrogens with two attached hydrogens (primary N) is 1. The fourth-order valence-corrected chi connectivity index (χ4v) is 7.26. The fraction of sp³-hybridized carbons (Fsp3) is 0.417. The predicted octanol–water partition coefficient (Wildman–Crippen LogP) is 5.89. The van der Waals surface area contributed by atoms with Crippen LogP contribution in [0.5, 0.6) is 5.88 Å². The number of piperidine rings is 1. The highest BCUT2D eigenvalue weighted by atomic mass is 19.4. The maximum atomic E-state index is 15.0. The van der Waals surface area contributed by atoms with E-state index in [1.54, 1.807) is 62.5 Å². The second kappa shape index (κ2) is 14.2. The van der Waals surface area contributed by atoms with Gasteiger partial charge in [0, 0.05) is 37.0 Å². The average Bonchev–Trinajstić information content (AvgIpc) is 3.70. The number of nitrogens with one attached hydrogen (secondary N) is 1. The number of carbonyl (C=O) groups excluding carboxylic acids is 1. The van der Waals surface area contributed by atoms with Gasteiger partial charge in [-0.2, -0.15) is 28.2 Å². The molecule has 3 atom stereocenters. The number of carbonyl (C=O) groups is 2. The van der Waals surface area contributed by atoms with Crippen molar-refractivity contribution in [2.45, 2.75) is 70.8 Å². The van der Waals surface area contributed by atoms with E-state index in [-0.39, 0.29) is 41.1 Å². The molecule has 270 valence electrons. The van der Waals surface area contributed by atoms with Gasteiger partial charge in [-0.3, -0.25) is 4.79 Å². The molecule has 51 heavy (non-hydrogen) atoms. The summed E-state index contributed by atoms with van der Waals surface area (Å²) in [5.74, 6) is -1.61. The summed E-state index contributed by atoms with van der Waals surface area (Å²) < 4.78 is 56.9. The highest BCUT2D eigenvalue weighted by Crippen LogP contribution is 2.46. The van der Waals surface area contributed by atoms with Crippen molar-refractivity contribution in [3.8, 4) is 22.7 Å². The zero-order valence-electron chi connectivity index (χ0n) is 28.5. The summed E-state index contributed by atoms with van der Waals surface area (Å²) in [6.45, 7) is 6.71. The number of nitrogen functional groups attached to an aromatic ring is 1. The van der Waals surface area contributed by atoms with Crippen LogP contribution < -0.4 is 20.7 Å². The van der Waals surface area contributed by atoms with Crippen molar-refractivity contribution < 1.29 is 37.3 Å². The van der Waals surface area contributed by atoms with Gasteiger partial charge in [-0.25, -0.2) is 9.48 Å². The zero-order chi connectivity index (χ0) is 36.5. The van der Waals surface area contributed by atoms with Gasteiger partial charge >= 0.3 is 18.1 Å². The zero-order valence-corrected chi connectivity index (χ0v) is 28.5. The van der Waals surface area contributed by atoms with Crippen LogP contribution in [0.25, 0.3) is 16.8 Å². The van der Waals surface area contributed by atoms with Crippen LogP contribution in [0.4, 0.5) is 24.9 Å². The number of carboxylic acid groups (broad SMARTS) is 1. The van der Waals surface area contributed by atoms with Crippen LogP contribution in [0, 0.1) is 12.3 Å². The minimum absolute atomic E-state index is 0.0470. The molecule has 2 unspecified atom stereocenters. The van der Waals surface area contributed by atoms with Gasteiger partial charge < -0.3 is 30.5 Å². The van der Waals surface area contributed by atoms with Crippen molar-refractivity contribution in [2.24, 2.45) is 5.41 Å². The van der Waals surface area contributed by atoms with E-state index in [0.29, 0.717) is 60.6 Å². The van der Waals surface area contributed by atoms with Crippen molar-refractivity contribution in [1.29, 1.82) is 0 Å². The van der Waals surface area contributed by atoms with E-state index >= 15 is 0 Å². The lowest BCUT2D eigenvalue weighted by Crippen LogP contribution is -2.46. The van der Waals surface area contributed by atoms with Gasteiger partial charge in [-0.15, -0.1) is 0 Å². The molecule has 0 aliphatic carbocycles. The first-order valence-electron chi connectivity index (χ1n) is 16.9. The number of anilines is 2. The van der Waals surface area contributed by atoms with Gasteiger partial charge in [0.1, 0.15) is 11.9 Å². The van der Waals surface area contributed by atoms with E-state index in [9.17, 15) is 27.9 Å². The molecule has 12 nitrogen and oxygen atoms in total. The molecular formula is C36H40F3N7O5. The lowest BCUT2D eigenvalue weighted by atomic mass is 9.71. The van der Waals surface area contributed by atoms with Crippen molar-refractivity contribution in [3.63, 3.8) is 0 Å². The quantitative estimate of drug-likeness (QED) is 0.169. The van der Waals surface area contributed by atoms with Crippen molar-refractivity contribution in [1.82, 2.24) is 25.1 Å². The van der Waals surface area contributed by atoms with E-state index in [1.165, 1.54) is 16.8 Å². The molecule has 4 heterocycles. The predicted molar refractivity (Wildman–Crippen MR) is 183 cm³/mol. The molecule has 4 N–H and O–H groups in total. The third kappa shape index (κ3) is 7.48. The molecule has 15 heteroatoms. The summed E-state index contributed by atoms with van der Waals surface area (Å²) in [7, 11) is 0. The molecule has 2 aliphatic heterocycles. The number of aromatic nitrogens is 4. The van der Waals surface area contributed by atoms with Crippen LogP contribution in [-0.4, -0.2) is 74.7 Å². The molecule has 2 aromatic heterocycles. The first kappa shape index (κ1) is 35.6. The van der Waals surface area contributed by atoms with E-state index in [0.717, 1.165) is 6.42 Å². The minimum atomic E-state index is -4.87. The number of nitrogens with zero attached hydrogens (tertiary/aromatic N) is 5. The molecule has 6 rings (SSSR count). The number of alkyl halides is 3. The number of aliphatic carboxylic acids is 1. The normalized spacial score (nSPS) is 19.2. The number of benzene rings is 2. The maximum absolute atomic E-state index is 15.0. The molecule has 0 bridgehead atoms. The number of carboxylic acids is 1. The number of hydrogen-bond acceptors (Lipinski definition) is 10. The molecule has 0 saturated carbocycles. The van der Waals surface area contributed by atoms with Crippen LogP contribution in [0.2, 0.25) is 0 Å². The molecule has 0 amide bonds. The van der Waals surface area contributed by atoms with Crippen LogP contribution in [0.1, 0.15) is 67.3 Å². The van der Waals surface area contributed by atoms with E-state index in [2.05, 4.69) is 20.4 Å². The summed E-state index contributed by atoms with van der Waals surface area (Å²) in [5, 5.41) is 17.3. The molecule has 2 aromatic carbocycles. The van der Waals surface area contributed by atoms with Gasteiger partial charge in [0.05, 0.1) is 23.6 Å². The lowest BCUT2D eigenvalue weighted by molar-refractivity contribution is -0.198. The second-order valence-electron chi connectivity index (χ2n) is 13.0. The summed E-state index contributed by atoms with van der Waals surface area (Å²) >= 11 is 0. The van der Waals surface area contributed by atoms with Crippen LogP contribution in [0.3, 0.4) is 0 Å². The van der Waals surface area contributed by atoms with Crippen molar-refractivity contribution in [3.05, 3.63) is 77.6 Å². The van der Waals surface area contributed by atoms with Crippen molar-refractivity contribution >= 4 is 23.7 Å². The highest BCUT2D eigenvalue weighted by Gasteiger charge is 2.50. The van der Waals surface area contributed by atoms with E-state index < -0.39 is 30.3 Å². The number of hydrogen-bond donors (Lipinski definition) is 3. The van der Waals surface area contributed by atoms with Crippen LogP contribution in [0.15, 0.2) is 60.8 Å². The van der Waals surface area contributed by atoms with E-state index in [4.69, 9.17) is 15.2 Å². The van der Waals surface area contributed by atoms with Gasteiger partial charge in [-0.1, -0.05) is 31.2 Å². The second-order valence-corrected chi connectivity index (χ2v) is 13.0. The molecule has 1 spiro atoms. The van der Waals surface area contributed by atoms with E-state index in [1.807, 2.05) is 11.8 Å².